The number of morpholine rings is 1. The van der Waals surface area contributed by atoms with Gasteiger partial charge in [-0.25, -0.2) is 0 Å². The van der Waals surface area contributed by atoms with Crippen LogP contribution in [0.15, 0.2) is 0 Å². The molecule has 2 N–H and O–H groups in total. The summed E-state index contributed by atoms with van der Waals surface area (Å²) < 4.78 is 10.6. The Bertz CT molecular complexity index is 275. The number of nitrogens with two attached hydrogens (primary N) is 1. The molecule has 1 unspecified atom stereocenters. The van der Waals surface area contributed by atoms with E-state index in [0.29, 0.717) is 26.3 Å². The summed E-state index contributed by atoms with van der Waals surface area (Å²) in [5.41, 5.74) is 5.57. The molecule has 1 saturated heterocycles. The monoisotopic (exact) mass is 242 g/mol. The number of amides is 1. The zero-order chi connectivity index (χ0) is 12.3. The van der Waals surface area contributed by atoms with Gasteiger partial charge in [0.2, 0.25) is 5.91 Å². The SMILES string of the molecule is COCC1CN(C(=O)C2(N)CCCC2)CCO1. The number of carbonyl (C=O) groups excluding carboxylic acids is 1. The van der Waals surface area contributed by atoms with Crippen LogP contribution in [0.2, 0.25) is 0 Å². The molecule has 0 aromatic rings. The van der Waals surface area contributed by atoms with Crippen LogP contribution < -0.4 is 5.73 Å². The summed E-state index contributed by atoms with van der Waals surface area (Å²) in [6.07, 6.45) is 3.75. The highest BCUT2D eigenvalue weighted by Crippen LogP contribution is 2.29. The number of nitrogens with zero attached hydrogens (tertiary/aromatic N) is 1. The zero-order valence-electron chi connectivity index (χ0n) is 10.5. The molecule has 98 valence electrons. The van der Waals surface area contributed by atoms with E-state index in [2.05, 4.69) is 0 Å². The molecular formula is C12H22N2O3. The van der Waals surface area contributed by atoms with E-state index in [9.17, 15) is 4.79 Å². The van der Waals surface area contributed by atoms with Gasteiger partial charge in [0, 0.05) is 20.2 Å². The Labute approximate surface area is 102 Å². The molecular weight excluding hydrogens is 220 g/mol. The van der Waals surface area contributed by atoms with Gasteiger partial charge in [-0.05, 0) is 12.8 Å². The number of carbonyl (C=O) groups is 1. The summed E-state index contributed by atoms with van der Waals surface area (Å²) in [5, 5.41) is 0. The van der Waals surface area contributed by atoms with Crippen molar-refractivity contribution in [3.63, 3.8) is 0 Å². The molecule has 0 radical (unpaired) electrons. The number of ether oxygens (including phenoxy) is 2. The van der Waals surface area contributed by atoms with Crippen LogP contribution in [0.3, 0.4) is 0 Å². The Hall–Kier alpha value is -0.650. The average molecular weight is 242 g/mol. The molecule has 2 fully saturated rings. The molecule has 1 atom stereocenters. The summed E-state index contributed by atoms with van der Waals surface area (Å²) in [7, 11) is 1.64. The molecule has 5 heteroatoms. The van der Waals surface area contributed by atoms with Gasteiger partial charge < -0.3 is 20.1 Å². The Kier molecular flexibility index (Phi) is 4.01. The van der Waals surface area contributed by atoms with Crippen LogP contribution in [0.25, 0.3) is 0 Å². The van der Waals surface area contributed by atoms with E-state index in [-0.39, 0.29) is 12.0 Å². The molecule has 1 heterocycles. The smallest absolute Gasteiger partial charge is 0.242 e. The molecule has 2 rings (SSSR count). The van der Waals surface area contributed by atoms with Crippen molar-refractivity contribution in [1.29, 1.82) is 0 Å². The quantitative estimate of drug-likeness (QED) is 0.764. The third-order valence-corrected chi connectivity index (χ3v) is 3.70. The minimum Gasteiger partial charge on any atom is -0.382 e. The fourth-order valence-electron chi connectivity index (χ4n) is 2.73. The molecule has 0 bridgehead atoms. The standard InChI is InChI=1S/C12H22N2O3/c1-16-9-10-8-14(6-7-17-10)11(15)12(13)4-2-3-5-12/h10H,2-9,13H2,1H3. The van der Waals surface area contributed by atoms with Crippen molar-refractivity contribution >= 4 is 5.91 Å². The zero-order valence-corrected chi connectivity index (χ0v) is 10.5. The van der Waals surface area contributed by atoms with Crippen molar-refractivity contribution in [1.82, 2.24) is 4.90 Å². The largest absolute Gasteiger partial charge is 0.382 e. The first-order valence-corrected chi connectivity index (χ1v) is 6.34. The average Bonchev–Trinajstić information content (AvgIpc) is 2.77. The Morgan fingerprint density at radius 2 is 2.24 bits per heavy atom. The molecule has 1 aliphatic carbocycles. The van der Waals surface area contributed by atoms with Gasteiger partial charge >= 0.3 is 0 Å². The van der Waals surface area contributed by atoms with E-state index < -0.39 is 5.54 Å². The van der Waals surface area contributed by atoms with Crippen molar-refractivity contribution in [3.05, 3.63) is 0 Å². The van der Waals surface area contributed by atoms with Crippen LogP contribution in [0.4, 0.5) is 0 Å². The number of hydrogen-bond donors (Lipinski definition) is 1. The topological polar surface area (TPSA) is 64.8 Å². The summed E-state index contributed by atoms with van der Waals surface area (Å²) in [4.78, 5) is 14.2. The molecule has 0 aromatic carbocycles. The van der Waals surface area contributed by atoms with E-state index in [0.717, 1.165) is 25.7 Å². The van der Waals surface area contributed by atoms with Gasteiger partial charge in [-0.2, -0.15) is 0 Å². The van der Waals surface area contributed by atoms with Crippen molar-refractivity contribution in [2.45, 2.75) is 37.3 Å². The predicted octanol–water partition coefficient (Wildman–Crippen LogP) is 0.132. The summed E-state index contributed by atoms with van der Waals surface area (Å²) in [6, 6.07) is 0. The fourth-order valence-corrected chi connectivity index (χ4v) is 2.73. The Morgan fingerprint density at radius 1 is 1.53 bits per heavy atom. The second-order valence-electron chi connectivity index (χ2n) is 5.06. The van der Waals surface area contributed by atoms with Crippen LogP contribution in [0, 0.1) is 0 Å². The normalized spacial score (nSPS) is 28.4. The second-order valence-corrected chi connectivity index (χ2v) is 5.06. The van der Waals surface area contributed by atoms with Gasteiger partial charge in [0.1, 0.15) is 0 Å². The fraction of sp³-hybridized carbons (Fsp3) is 0.917. The Morgan fingerprint density at radius 3 is 2.88 bits per heavy atom. The van der Waals surface area contributed by atoms with Gasteiger partial charge in [0.15, 0.2) is 0 Å². The predicted molar refractivity (Wildman–Crippen MR) is 63.6 cm³/mol. The maximum atomic E-state index is 12.4. The maximum Gasteiger partial charge on any atom is 0.242 e. The van der Waals surface area contributed by atoms with E-state index in [1.54, 1.807) is 7.11 Å². The minimum atomic E-state index is -0.616. The van der Waals surface area contributed by atoms with E-state index >= 15 is 0 Å². The summed E-state index contributed by atoms with van der Waals surface area (Å²) in [5.74, 6) is 0.0967. The maximum absolute atomic E-state index is 12.4. The van der Waals surface area contributed by atoms with Gasteiger partial charge in [-0.3, -0.25) is 4.79 Å². The van der Waals surface area contributed by atoms with Crippen molar-refractivity contribution in [2.24, 2.45) is 5.73 Å². The van der Waals surface area contributed by atoms with Crippen LogP contribution >= 0.6 is 0 Å². The lowest BCUT2D eigenvalue weighted by Gasteiger charge is -2.37. The van der Waals surface area contributed by atoms with Crippen molar-refractivity contribution in [3.8, 4) is 0 Å². The molecule has 1 saturated carbocycles. The molecule has 5 nitrogen and oxygen atoms in total. The highest BCUT2D eigenvalue weighted by molar-refractivity contribution is 5.86. The highest BCUT2D eigenvalue weighted by Gasteiger charge is 2.41. The third kappa shape index (κ3) is 2.78. The Balaban J connectivity index is 1.94. The first-order chi connectivity index (χ1) is 8.15. The molecule has 0 aromatic heterocycles. The molecule has 2 aliphatic rings. The van der Waals surface area contributed by atoms with Crippen LogP contribution in [0.5, 0.6) is 0 Å². The molecule has 0 spiro atoms. The van der Waals surface area contributed by atoms with Gasteiger partial charge in [-0.15, -0.1) is 0 Å². The number of methoxy groups -OCH3 is 1. The van der Waals surface area contributed by atoms with E-state index in [4.69, 9.17) is 15.2 Å². The highest BCUT2D eigenvalue weighted by atomic mass is 16.5. The van der Waals surface area contributed by atoms with E-state index in [1.807, 2.05) is 4.90 Å². The third-order valence-electron chi connectivity index (χ3n) is 3.70. The van der Waals surface area contributed by atoms with Crippen molar-refractivity contribution in [2.75, 3.05) is 33.4 Å². The molecule has 1 aliphatic heterocycles. The molecule has 1 amide bonds. The number of hydrogen-bond acceptors (Lipinski definition) is 4. The lowest BCUT2D eigenvalue weighted by Crippen LogP contribution is -2.58. The lowest BCUT2D eigenvalue weighted by atomic mass is 9.96. The van der Waals surface area contributed by atoms with Crippen LogP contribution in [-0.2, 0) is 14.3 Å². The molecule has 17 heavy (non-hydrogen) atoms. The summed E-state index contributed by atoms with van der Waals surface area (Å²) in [6.45, 7) is 2.36. The van der Waals surface area contributed by atoms with Gasteiger partial charge in [0.25, 0.3) is 0 Å². The van der Waals surface area contributed by atoms with Gasteiger partial charge in [-0.1, -0.05) is 12.8 Å². The number of rotatable bonds is 3. The van der Waals surface area contributed by atoms with E-state index in [1.165, 1.54) is 0 Å². The minimum absolute atomic E-state index is 0.0114. The van der Waals surface area contributed by atoms with Crippen molar-refractivity contribution < 1.29 is 14.3 Å². The van der Waals surface area contributed by atoms with Crippen LogP contribution in [0.1, 0.15) is 25.7 Å². The lowest BCUT2D eigenvalue weighted by molar-refractivity contribution is -0.146. The van der Waals surface area contributed by atoms with Gasteiger partial charge in [0.05, 0.1) is 24.9 Å². The first kappa shape index (κ1) is 12.8. The summed E-state index contributed by atoms with van der Waals surface area (Å²) >= 11 is 0. The first-order valence-electron chi connectivity index (χ1n) is 6.34. The second kappa shape index (κ2) is 5.33. The van der Waals surface area contributed by atoms with Crippen LogP contribution in [-0.4, -0.2) is 55.9 Å².